The summed E-state index contributed by atoms with van der Waals surface area (Å²) in [5, 5.41) is 23.4. The molecule has 4 rings (SSSR count). The van der Waals surface area contributed by atoms with Gasteiger partial charge >= 0.3 is 0 Å². The Morgan fingerprint density at radius 3 is 2.79 bits per heavy atom. The van der Waals surface area contributed by atoms with E-state index in [1.54, 1.807) is 13.8 Å². The molecule has 9 nitrogen and oxygen atoms in total. The molecule has 2 N–H and O–H groups in total. The fourth-order valence-electron chi connectivity index (χ4n) is 3.66. The van der Waals surface area contributed by atoms with Crippen molar-refractivity contribution in [3.05, 3.63) is 34.3 Å². The molecule has 1 aliphatic heterocycles. The van der Waals surface area contributed by atoms with Crippen molar-refractivity contribution >= 4 is 23.2 Å². The van der Waals surface area contributed by atoms with Crippen molar-refractivity contribution in [3.63, 3.8) is 0 Å². The molecule has 0 radical (unpaired) electrons. The van der Waals surface area contributed by atoms with Crippen LogP contribution in [0.2, 0.25) is 5.02 Å². The third-order valence-electron chi connectivity index (χ3n) is 5.00. The lowest BCUT2D eigenvalue weighted by Gasteiger charge is -2.34. The minimum atomic E-state index is -1.78. The SMILES string of the molecule is Cc1noc(-c2cc(OCCO)c3c(c2Cl)O[C@]2(C3=O)C(O)=CC(=O)C[C@H]2C)n1. The average Bonchev–Trinajstić information content (AvgIpc) is 3.22. The summed E-state index contributed by atoms with van der Waals surface area (Å²) >= 11 is 6.52. The van der Waals surface area contributed by atoms with Crippen molar-refractivity contribution in [1.29, 1.82) is 0 Å². The summed E-state index contributed by atoms with van der Waals surface area (Å²) in [6.07, 6.45) is 1.01. The summed E-state index contributed by atoms with van der Waals surface area (Å²) < 4.78 is 16.7. The summed E-state index contributed by atoms with van der Waals surface area (Å²) in [4.78, 5) is 29.3. The number of nitrogens with zero attached hydrogens (tertiary/aromatic N) is 2. The molecule has 2 atom stereocenters. The van der Waals surface area contributed by atoms with Gasteiger partial charge in [0.1, 0.15) is 23.7 Å². The zero-order chi connectivity index (χ0) is 20.9. The molecule has 0 unspecified atom stereocenters. The number of ether oxygens (including phenoxy) is 2. The van der Waals surface area contributed by atoms with Gasteiger partial charge in [-0.3, -0.25) is 9.59 Å². The van der Waals surface area contributed by atoms with Crippen LogP contribution >= 0.6 is 11.6 Å². The van der Waals surface area contributed by atoms with Crippen LogP contribution in [0, 0.1) is 12.8 Å². The van der Waals surface area contributed by atoms with E-state index in [1.165, 1.54) is 6.07 Å². The molecule has 0 amide bonds. The molecule has 2 aromatic rings. The van der Waals surface area contributed by atoms with E-state index in [4.69, 9.17) is 30.7 Å². The minimum absolute atomic E-state index is 0.0147. The Hall–Kier alpha value is -2.91. The number of carbonyl (C=O) groups is 2. The molecule has 2 heterocycles. The Balaban J connectivity index is 1.93. The maximum atomic E-state index is 13.4. The molecule has 152 valence electrons. The summed E-state index contributed by atoms with van der Waals surface area (Å²) in [5.74, 6) is -1.47. The molecule has 1 spiro atoms. The number of hydrogen-bond donors (Lipinski definition) is 2. The van der Waals surface area contributed by atoms with Crippen LogP contribution in [0.25, 0.3) is 11.5 Å². The van der Waals surface area contributed by atoms with Crippen molar-refractivity contribution in [2.75, 3.05) is 13.2 Å². The standard InChI is InChI=1S/C19H17ClN2O7/c1-8-5-10(24)6-13(25)19(8)17(26)14-12(27-4-3-23)7-11(15(20)16(14)28-19)18-21-9(2)22-29-18/h6-8,23,25H,3-5H2,1-2H3/t8-,19+/m1/s1. The number of carbonyl (C=O) groups excluding carboxylic acids is 2. The van der Waals surface area contributed by atoms with E-state index in [-0.39, 0.29) is 59.0 Å². The van der Waals surface area contributed by atoms with Crippen LogP contribution in [0.1, 0.15) is 29.5 Å². The lowest BCUT2D eigenvalue weighted by atomic mass is 9.75. The maximum Gasteiger partial charge on any atom is 0.259 e. The molecule has 0 saturated heterocycles. The van der Waals surface area contributed by atoms with E-state index < -0.39 is 23.1 Å². The summed E-state index contributed by atoms with van der Waals surface area (Å²) in [6.45, 7) is 2.89. The van der Waals surface area contributed by atoms with Gasteiger partial charge < -0.3 is 24.2 Å². The van der Waals surface area contributed by atoms with E-state index in [1.807, 2.05) is 0 Å². The number of Topliss-reactive ketones (excluding diaryl/α,β-unsaturated/α-hetero) is 1. The normalized spacial score (nSPS) is 23.2. The molecular formula is C19H17ClN2O7. The predicted octanol–water partition coefficient (Wildman–Crippen LogP) is 2.43. The van der Waals surface area contributed by atoms with E-state index in [2.05, 4.69) is 10.1 Å². The Bertz CT molecular complexity index is 1060. The molecule has 29 heavy (non-hydrogen) atoms. The molecular weight excluding hydrogens is 404 g/mol. The number of hydrogen-bond acceptors (Lipinski definition) is 9. The topological polar surface area (TPSA) is 132 Å². The molecule has 1 aromatic heterocycles. The highest BCUT2D eigenvalue weighted by Gasteiger charge is 2.59. The summed E-state index contributed by atoms with van der Waals surface area (Å²) in [7, 11) is 0. The molecule has 0 bridgehead atoms. The third kappa shape index (κ3) is 2.80. The number of benzene rings is 1. The fourth-order valence-corrected chi connectivity index (χ4v) is 3.92. The van der Waals surface area contributed by atoms with Gasteiger partial charge in [-0.2, -0.15) is 4.98 Å². The second-order valence-electron chi connectivity index (χ2n) is 6.93. The number of rotatable bonds is 4. The molecule has 10 heteroatoms. The van der Waals surface area contributed by atoms with Gasteiger partial charge in [-0.25, -0.2) is 0 Å². The first-order chi connectivity index (χ1) is 13.8. The van der Waals surface area contributed by atoms with Gasteiger partial charge in [0, 0.05) is 18.4 Å². The number of fused-ring (bicyclic) bond motifs is 1. The van der Waals surface area contributed by atoms with E-state index in [9.17, 15) is 14.7 Å². The lowest BCUT2D eigenvalue weighted by Crippen LogP contribution is -2.51. The number of aliphatic hydroxyl groups excluding tert-OH is 2. The monoisotopic (exact) mass is 420 g/mol. The summed E-state index contributed by atoms with van der Waals surface area (Å²) in [6, 6.07) is 1.45. The lowest BCUT2D eigenvalue weighted by molar-refractivity contribution is -0.118. The van der Waals surface area contributed by atoms with Crippen molar-refractivity contribution in [2.45, 2.75) is 25.9 Å². The van der Waals surface area contributed by atoms with E-state index in [0.29, 0.717) is 5.82 Å². The molecule has 1 aromatic carbocycles. The number of halogens is 1. The van der Waals surface area contributed by atoms with Crippen molar-refractivity contribution < 1.29 is 33.8 Å². The van der Waals surface area contributed by atoms with Gasteiger partial charge in [0.25, 0.3) is 5.89 Å². The fraction of sp³-hybridized carbons (Fsp3) is 0.368. The highest BCUT2D eigenvalue weighted by Crippen LogP contribution is 2.53. The second-order valence-corrected chi connectivity index (χ2v) is 7.31. The Kier molecular flexibility index (Phi) is 4.59. The van der Waals surface area contributed by atoms with Crippen LogP contribution in [0.15, 0.2) is 22.4 Å². The number of aliphatic hydroxyl groups is 2. The first kappa shape index (κ1) is 19.4. The van der Waals surface area contributed by atoms with Crippen LogP contribution in [-0.4, -0.2) is 50.7 Å². The van der Waals surface area contributed by atoms with Gasteiger partial charge in [-0.1, -0.05) is 23.7 Å². The first-order valence-electron chi connectivity index (χ1n) is 8.88. The minimum Gasteiger partial charge on any atom is -0.507 e. The third-order valence-corrected chi connectivity index (χ3v) is 5.37. The van der Waals surface area contributed by atoms with Gasteiger partial charge in [0.2, 0.25) is 11.4 Å². The zero-order valence-electron chi connectivity index (χ0n) is 15.6. The van der Waals surface area contributed by atoms with Crippen LogP contribution < -0.4 is 9.47 Å². The van der Waals surface area contributed by atoms with Crippen molar-refractivity contribution in [3.8, 4) is 23.0 Å². The molecule has 1 aliphatic carbocycles. The van der Waals surface area contributed by atoms with Crippen LogP contribution in [0.4, 0.5) is 0 Å². The van der Waals surface area contributed by atoms with Crippen molar-refractivity contribution in [1.82, 2.24) is 10.1 Å². The predicted molar refractivity (Wildman–Crippen MR) is 99.3 cm³/mol. The number of allylic oxidation sites excluding steroid dienone is 1. The van der Waals surface area contributed by atoms with Gasteiger partial charge in [0.05, 0.1) is 17.2 Å². The van der Waals surface area contributed by atoms with E-state index in [0.717, 1.165) is 6.08 Å². The Labute approximate surface area is 169 Å². The Morgan fingerprint density at radius 2 is 2.17 bits per heavy atom. The number of ketones is 2. The second kappa shape index (κ2) is 6.85. The number of aromatic nitrogens is 2. The maximum absolute atomic E-state index is 13.4. The van der Waals surface area contributed by atoms with Gasteiger partial charge in [0.15, 0.2) is 17.4 Å². The van der Waals surface area contributed by atoms with E-state index >= 15 is 0 Å². The van der Waals surface area contributed by atoms with Crippen LogP contribution in [0.5, 0.6) is 11.5 Å². The summed E-state index contributed by atoms with van der Waals surface area (Å²) in [5.41, 5.74) is -1.49. The van der Waals surface area contributed by atoms with Gasteiger partial charge in [-0.05, 0) is 13.0 Å². The van der Waals surface area contributed by atoms with Gasteiger partial charge in [-0.15, -0.1) is 0 Å². The van der Waals surface area contributed by atoms with Crippen LogP contribution in [0.3, 0.4) is 0 Å². The van der Waals surface area contributed by atoms with Crippen molar-refractivity contribution in [2.24, 2.45) is 5.92 Å². The van der Waals surface area contributed by atoms with Crippen LogP contribution in [-0.2, 0) is 4.79 Å². The highest BCUT2D eigenvalue weighted by molar-refractivity contribution is 6.36. The smallest absolute Gasteiger partial charge is 0.259 e. The highest BCUT2D eigenvalue weighted by atomic mass is 35.5. The molecule has 0 fully saturated rings. The quantitative estimate of drug-likeness (QED) is 0.764. The largest absolute Gasteiger partial charge is 0.507 e. The molecule has 2 aliphatic rings. The zero-order valence-corrected chi connectivity index (χ0v) is 16.3. The Morgan fingerprint density at radius 1 is 1.41 bits per heavy atom. The molecule has 0 saturated carbocycles. The first-order valence-corrected chi connectivity index (χ1v) is 9.26. The average molecular weight is 421 g/mol. The number of aryl methyl sites for hydroxylation is 1.